The summed E-state index contributed by atoms with van der Waals surface area (Å²) in [4.78, 5) is 0.944. The third kappa shape index (κ3) is 3.20. The molecule has 0 aliphatic heterocycles. The predicted octanol–water partition coefficient (Wildman–Crippen LogP) is 3.64. The molecule has 4 aromatic rings. The number of hydrogen-bond acceptors (Lipinski definition) is 9. The molecule has 0 aliphatic carbocycles. The molecule has 10 heteroatoms. The maximum atomic E-state index is 5.79. The summed E-state index contributed by atoms with van der Waals surface area (Å²) in [6.07, 6.45) is 0. The first-order valence-electron chi connectivity index (χ1n) is 7.72. The predicted molar refractivity (Wildman–Crippen MR) is 97.6 cm³/mol. The van der Waals surface area contributed by atoms with Crippen molar-refractivity contribution in [3.63, 3.8) is 0 Å². The van der Waals surface area contributed by atoms with Gasteiger partial charge in [0.25, 0.3) is 5.89 Å². The molecular formula is C16H14N6O2S2. The van der Waals surface area contributed by atoms with Crippen LogP contribution in [0.4, 0.5) is 0 Å². The number of aromatic nitrogens is 6. The number of thioether (sulfide) groups is 1. The Kier molecular flexibility index (Phi) is 4.67. The van der Waals surface area contributed by atoms with Crippen molar-refractivity contribution in [1.82, 2.24) is 30.4 Å². The zero-order valence-electron chi connectivity index (χ0n) is 13.9. The fraction of sp³-hybridized carbons (Fsp3) is 0.188. The molecule has 0 saturated heterocycles. The van der Waals surface area contributed by atoms with Crippen molar-refractivity contribution in [2.24, 2.45) is 0 Å². The van der Waals surface area contributed by atoms with Crippen LogP contribution in [0.2, 0.25) is 0 Å². The molecule has 4 rings (SSSR count). The lowest BCUT2D eigenvalue weighted by Gasteiger charge is -2.10. The Morgan fingerprint density at radius 2 is 2.04 bits per heavy atom. The van der Waals surface area contributed by atoms with Crippen LogP contribution in [0.1, 0.15) is 18.1 Å². The lowest BCUT2D eigenvalue weighted by Crippen LogP contribution is -2.02. The third-order valence-electron chi connectivity index (χ3n) is 3.56. The highest BCUT2D eigenvalue weighted by Crippen LogP contribution is 2.36. The van der Waals surface area contributed by atoms with Crippen molar-refractivity contribution in [3.8, 4) is 22.2 Å². The van der Waals surface area contributed by atoms with Gasteiger partial charge in [0.15, 0.2) is 0 Å². The Bertz CT molecular complexity index is 998. The van der Waals surface area contributed by atoms with Gasteiger partial charge in [0, 0.05) is 0 Å². The quantitative estimate of drug-likeness (QED) is 0.464. The maximum Gasteiger partial charge on any atom is 0.257 e. The summed E-state index contributed by atoms with van der Waals surface area (Å²) in [6, 6.07) is 11.5. The topological polar surface area (TPSA) is 91.8 Å². The van der Waals surface area contributed by atoms with Gasteiger partial charge in [-0.3, -0.25) is 0 Å². The van der Waals surface area contributed by atoms with Crippen molar-refractivity contribution < 1.29 is 9.15 Å². The van der Waals surface area contributed by atoms with Gasteiger partial charge in [0.05, 0.1) is 17.2 Å². The Labute approximate surface area is 157 Å². The highest BCUT2D eigenvalue weighted by Gasteiger charge is 2.21. The standard InChI is InChI=1S/C16H14N6O2S2/c1-10(14-17-18-15(24-14)13-8-5-9-25-13)26-16-19-20-21-22(16)11-6-3-4-7-12(11)23-2/h3-10H,1-2H3. The number of ether oxygens (including phenoxy) is 1. The lowest BCUT2D eigenvalue weighted by atomic mass is 10.3. The zero-order valence-corrected chi connectivity index (χ0v) is 15.6. The van der Waals surface area contributed by atoms with E-state index in [9.17, 15) is 0 Å². The van der Waals surface area contributed by atoms with E-state index in [1.165, 1.54) is 11.8 Å². The molecule has 1 unspecified atom stereocenters. The van der Waals surface area contributed by atoms with Crippen LogP contribution in [0.15, 0.2) is 51.4 Å². The molecule has 0 spiro atoms. The van der Waals surface area contributed by atoms with E-state index in [-0.39, 0.29) is 5.25 Å². The number of para-hydroxylation sites is 2. The highest BCUT2D eigenvalue weighted by molar-refractivity contribution is 7.99. The molecule has 0 aliphatic rings. The van der Waals surface area contributed by atoms with Crippen LogP contribution < -0.4 is 4.74 Å². The Balaban J connectivity index is 1.58. The van der Waals surface area contributed by atoms with Gasteiger partial charge in [-0.15, -0.1) is 26.6 Å². The van der Waals surface area contributed by atoms with Crippen LogP contribution in [0, 0.1) is 0 Å². The Hall–Kier alpha value is -2.72. The summed E-state index contributed by atoms with van der Waals surface area (Å²) in [5.74, 6) is 1.73. The van der Waals surface area contributed by atoms with Crippen LogP contribution in [0.25, 0.3) is 16.5 Å². The molecule has 132 valence electrons. The summed E-state index contributed by atoms with van der Waals surface area (Å²) in [6.45, 7) is 1.97. The van der Waals surface area contributed by atoms with Gasteiger partial charge in [-0.2, -0.15) is 4.68 Å². The summed E-state index contributed by atoms with van der Waals surface area (Å²) in [5, 5.41) is 22.7. The lowest BCUT2D eigenvalue weighted by molar-refractivity contribution is 0.410. The molecule has 0 N–H and O–H groups in total. The normalized spacial score (nSPS) is 12.2. The van der Waals surface area contributed by atoms with Gasteiger partial charge in [-0.05, 0) is 40.9 Å². The minimum Gasteiger partial charge on any atom is -0.494 e. The molecule has 0 fully saturated rings. The van der Waals surface area contributed by atoms with E-state index in [4.69, 9.17) is 9.15 Å². The van der Waals surface area contributed by atoms with E-state index < -0.39 is 0 Å². The Morgan fingerprint density at radius 1 is 1.15 bits per heavy atom. The summed E-state index contributed by atoms with van der Waals surface area (Å²) < 4.78 is 12.8. The number of tetrazole rings is 1. The SMILES string of the molecule is COc1ccccc1-n1nnnc1SC(C)c1nnc(-c2cccs2)o1. The first-order valence-corrected chi connectivity index (χ1v) is 9.48. The molecular weight excluding hydrogens is 372 g/mol. The van der Waals surface area contributed by atoms with Gasteiger partial charge in [0.2, 0.25) is 11.0 Å². The molecule has 26 heavy (non-hydrogen) atoms. The first-order chi connectivity index (χ1) is 12.8. The largest absolute Gasteiger partial charge is 0.494 e. The minimum atomic E-state index is -0.115. The van der Waals surface area contributed by atoms with Crippen LogP contribution in [-0.4, -0.2) is 37.5 Å². The molecule has 0 radical (unpaired) electrons. The van der Waals surface area contributed by atoms with Crippen LogP contribution in [0.5, 0.6) is 5.75 Å². The van der Waals surface area contributed by atoms with Crippen molar-refractivity contribution in [2.45, 2.75) is 17.3 Å². The van der Waals surface area contributed by atoms with E-state index in [2.05, 4.69) is 25.7 Å². The summed E-state index contributed by atoms with van der Waals surface area (Å²) >= 11 is 2.99. The first kappa shape index (κ1) is 16.7. The van der Waals surface area contributed by atoms with Gasteiger partial charge in [-0.1, -0.05) is 30.0 Å². The summed E-state index contributed by atoms with van der Waals surface area (Å²) in [7, 11) is 1.61. The van der Waals surface area contributed by atoms with E-state index in [1.54, 1.807) is 23.1 Å². The molecule has 1 aromatic carbocycles. The minimum absolute atomic E-state index is 0.115. The molecule has 8 nitrogen and oxygen atoms in total. The Morgan fingerprint density at radius 3 is 2.85 bits per heavy atom. The van der Waals surface area contributed by atoms with E-state index >= 15 is 0 Å². The molecule has 1 atom stereocenters. The third-order valence-corrected chi connectivity index (χ3v) is 5.44. The van der Waals surface area contributed by atoms with Crippen molar-refractivity contribution in [3.05, 3.63) is 47.7 Å². The molecule has 0 saturated carbocycles. The number of rotatable bonds is 6. The molecule has 3 heterocycles. The van der Waals surface area contributed by atoms with Crippen LogP contribution in [0.3, 0.4) is 0 Å². The number of methoxy groups -OCH3 is 1. The average molecular weight is 386 g/mol. The van der Waals surface area contributed by atoms with Crippen molar-refractivity contribution >= 4 is 23.1 Å². The molecule has 3 aromatic heterocycles. The van der Waals surface area contributed by atoms with Crippen LogP contribution >= 0.6 is 23.1 Å². The van der Waals surface area contributed by atoms with E-state index in [1.807, 2.05) is 48.7 Å². The maximum absolute atomic E-state index is 5.79. The summed E-state index contributed by atoms with van der Waals surface area (Å²) in [5.41, 5.74) is 0.763. The van der Waals surface area contributed by atoms with E-state index in [0.29, 0.717) is 22.7 Å². The number of hydrogen-bond donors (Lipinski definition) is 0. The van der Waals surface area contributed by atoms with Crippen molar-refractivity contribution in [1.29, 1.82) is 0 Å². The van der Waals surface area contributed by atoms with Gasteiger partial charge in [0.1, 0.15) is 11.4 Å². The van der Waals surface area contributed by atoms with Gasteiger partial charge in [-0.25, -0.2) is 0 Å². The fourth-order valence-electron chi connectivity index (χ4n) is 2.32. The molecule has 0 bridgehead atoms. The number of thiophene rings is 1. The number of nitrogens with zero attached hydrogens (tertiary/aromatic N) is 6. The van der Waals surface area contributed by atoms with Gasteiger partial charge < -0.3 is 9.15 Å². The molecule has 0 amide bonds. The monoisotopic (exact) mass is 386 g/mol. The second kappa shape index (κ2) is 7.26. The highest BCUT2D eigenvalue weighted by atomic mass is 32.2. The van der Waals surface area contributed by atoms with Gasteiger partial charge >= 0.3 is 0 Å². The second-order valence-electron chi connectivity index (χ2n) is 5.23. The number of benzene rings is 1. The second-order valence-corrected chi connectivity index (χ2v) is 7.48. The smallest absolute Gasteiger partial charge is 0.257 e. The van der Waals surface area contributed by atoms with E-state index in [0.717, 1.165) is 10.6 Å². The van der Waals surface area contributed by atoms with Crippen LogP contribution in [-0.2, 0) is 0 Å². The fourth-order valence-corrected chi connectivity index (χ4v) is 3.79. The zero-order chi connectivity index (χ0) is 17.9. The average Bonchev–Trinajstić information content (AvgIpc) is 3.41. The van der Waals surface area contributed by atoms with Crippen molar-refractivity contribution in [2.75, 3.05) is 7.11 Å².